The van der Waals surface area contributed by atoms with Crippen LogP contribution in [-0.4, -0.2) is 48.7 Å². The molecule has 0 fully saturated rings. The number of benzene rings is 1. The minimum Gasteiger partial charge on any atom is -0.493 e. The number of ether oxygens (including phenoxy) is 2. The van der Waals surface area contributed by atoms with E-state index in [4.69, 9.17) is 14.5 Å². The number of methoxy groups -OCH3 is 1. The lowest BCUT2D eigenvalue weighted by Crippen LogP contribution is -2.42. The first-order chi connectivity index (χ1) is 14.1. The predicted octanol–water partition coefficient (Wildman–Crippen LogP) is 3.44. The quantitative estimate of drug-likeness (QED) is 0.269. The predicted molar refractivity (Wildman–Crippen MR) is 131 cm³/mol. The van der Waals surface area contributed by atoms with Crippen molar-refractivity contribution >= 4 is 35.6 Å². The van der Waals surface area contributed by atoms with Crippen molar-refractivity contribution in [3.05, 3.63) is 60.0 Å². The summed E-state index contributed by atoms with van der Waals surface area (Å²) >= 11 is 0. The van der Waals surface area contributed by atoms with Gasteiger partial charge in [-0.1, -0.05) is 18.2 Å². The molecular weight excluding hydrogens is 493 g/mol. The van der Waals surface area contributed by atoms with E-state index in [1.807, 2.05) is 43.5 Å². The molecule has 162 valence electrons. The third-order valence-corrected chi connectivity index (χ3v) is 4.58. The number of rotatable bonds is 8. The fourth-order valence-corrected chi connectivity index (χ4v) is 3.07. The van der Waals surface area contributed by atoms with Gasteiger partial charge in [-0.15, -0.1) is 24.0 Å². The average molecular weight is 523 g/mol. The standard InChI is InChI=1S/C22H29N5O2.HI/c1-16-8-7-13-27-15-18(26-21(16)27)11-12-24-22(23-3)25-14-17(2)29-20-10-6-5-9-19(20)28-4;/h5-10,13,15,17H,11-12,14H2,1-4H3,(H2,23,24,25);1H. The van der Waals surface area contributed by atoms with Crippen LogP contribution in [-0.2, 0) is 6.42 Å². The van der Waals surface area contributed by atoms with E-state index < -0.39 is 0 Å². The molecule has 30 heavy (non-hydrogen) atoms. The number of aryl methyl sites for hydroxylation is 1. The summed E-state index contributed by atoms with van der Waals surface area (Å²) in [6, 6.07) is 11.7. The van der Waals surface area contributed by atoms with Gasteiger partial charge in [0.25, 0.3) is 0 Å². The molecule has 0 bridgehead atoms. The number of nitrogens with zero attached hydrogens (tertiary/aromatic N) is 3. The normalized spacial score (nSPS) is 12.2. The molecule has 1 atom stereocenters. The maximum absolute atomic E-state index is 5.97. The third kappa shape index (κ3) is 6.25. The molecule has 0 aliphatic heterocycles. The van der Waals surface area contributed by atoms with Gasteiger partial charge in [0.05, 0.1) is 19.3 Å². The molecule has 0 aliphatic rings. The Morgan fingerprint density at radius 1 is 1.17 bits per heavy atom. The monoisotopic (exact) mass is 523 g/mol. The number of fused-ring (bicyclic) bond motifs is 1. The van der Waals surface area contributed by atoms with Gasteiger partial charge in [0.2, 0.25) is 0 Å². The molecule has 1 unspecified atom stereocenters. The summed E-state index contributed by atoms with van der Waals surface area (Å²) in [7, 11) is 3.40. The lowest BCUT2D eigenvalue weighted by atomic mass is 10.3. The highest BCUT2D eigenvalue weighted by atomic mass is 127. The molecule has 0 amide bonds. The van der Waals surface area contributed by atoms with Crippen molar-refractivity contribution < 1.29 is 9.47 Å². The molecule has 0 saturated heterocycles. The van der Waals surface area contributed by atoms with Crippen LogP contribution in [0.25, 0.3) is 5.65 Å². The van der Waals surface area contributed by atoms with E-state index in [2.05, 4.69) is 39.2 Å². The lowest BCUT2D eigenvalue weighted by molar-refractivity contribution is 0.213. The summed E-state index contributed by atoms with van der Waals surface area (Å²) in [5.41, 5.74) is 3.23. The van der Waals surface area contributed by atoms with Gasteiger partial charge in [-0.3, -0.25) is 4.99 Å². The van der Waals surface area contributed by atoms with Gasteiger partial charge in [-0.05, 0) is 37.6 Å². The number of aromatic nitrogens is 2. The van der Waals surface area contributed by atoms with Crippen molar-refractivity contribution in [2.45, 2.75) is 26.4 Å². The van der Waals surface area contributed by atoms with Crippen LogP contribution in [0.5, 0.6) is 11.5 Å². The molecule has 0 spiro atoms. The van der Waals surface area contributed by atoms with Gasteiger partial charge in [0.1, 0.15) is 11.8 Å². The Bertz CT molecular complexity index is 973. The maximum Gasteiger partial charge on any atom is 0.191 e. The number of aliphatic imine (C=N–C) groups is 1. The van der Waals surface area contributed by atoms with Crippen molar-refractivity contribution in [2.24, 2.45) is 4.99 Å². The molecule has 1 aromatic carbocycles. The van der Waals surface area contributed by atoms with E-state index in [9.17, 15) is 0 Å². The van der Waals surface area contributed by atoms with E-state index in [1.165, 1.54) is 5.56 Å². The van der Waals surface area contributed by atoms with E-state index in [1.54, 1.807) is 14.2 Å². The highest BCUT2D eigenvalue weighted by molar-refractivity contribution is 14.0. The van der Waals surface area contributed by atoms with Gasteiger partial charge in [-0.2, -0.15) is 0 Å². The van der Waals surface area contributed by atoms with Gasteiger partial charge >= 0.3 is 0 Å². The molecule has 2 heterocycles. The number of para-hydroxylation sites is 2. The van der Waals surface area contributed by atoms with Crippen molar-refractivity contribution in [1.82, 2.24) is 20.0 Å². The molecule has 8 heteroatoms. The molecule has 3 rings (SSSR count). The third-order valence-electron chi connectivity index (χ3n) is 4.58. The summed E-state index contributed by atoms with van der Waals surface area (Å²) in [6.07, 6.45) is 4.86. The zero-order valence-corrected chi connectivity index (χ0v) is 20.2. The van der Waals surface area contributed by atoms with Crippen LogP contribution in [0.4, 0.5) is 0 Å². The highest BCUT2D eigenvalue weighted by Crippen LogP contribution is 2.26. The Morgan fingerprint density at radius 3 is 2.63 bits per heavy atom. The molecule has 3 aromatic rings. The summed E-state index contributed by atoms with van der Waals surface area (Å²) in [5, 5.41) is 6.62. The molecule has 0 aliphatic carbocycles. The summed E-state index contributed by atoms with van der Waals surface area (Å²) < 4.78 is 13.4. The van der Waals surface area contributed by atoms with Crippen molar-refractivity contribution in [3.63, 3.8) is 0 Å². The molecular formula is C22H30IN5O2. The maximum atomic E-state index is 5.97. The van der Waals surface area contributed by atoms with Gasteiger partial charge in [0, 0.05) is 32.4 Å². The number of hydrogen-bond acceptors (Lipinski definition) is 4. The molecule has 7 nitrogen and oxygen atoms in total. The average Bonchev–Trinajstić information content (AvgIpc) is 3.15. The van der Waals surface area contributed by atoms with Crippen molar-refractivity contribution in [3.8, 4) is 11.5 Å². The summed E-state index contributed by atoms with van der Waals surface area (Å²) in [6.45, 7) is 5.44. The SMILES string of the molecule is CN=C(NCCc1cn2cccc(C)c2n1)NCC(C)Oc1ccccc1OC.I. The van der Waals surface area contributed by atoms with E-state index in [0.29, 0.717) is 6.54 Å². The molecule has 2 N–H and O–H groups in total. The number of pyridine rings is 1. The topological polar surface area (TPSA) is 72.2 Å². The number of nitrogens with one attached hydrogen (secondary N) is 2. The van der Waals surface area contributed by atoms with Crippen LogP contribution in [0.2, 0.25) is 0 Å². The lowest BCUT2D eigenvalue weighted by Gasteiger charge is -2.19. The summed E-state index contributed by atoms with van der Waals surface area (Å²) in [4.78, 5) is 8.98. The first-order valence-corrected chi connectivity index (χ1v) is 9.78. The molecule has 0 radical (unpaired) electrons. The second kappa shape index (κ2) is 11.6. The number of guanidine groups is 1. The van der Waals surface area contributed by atoms with Crippen LogP contribution in [0.15, 0.2) is 53.8 Å². The summed E-state index contributed by atoms with van der Waals surface area (Å²) in [5.74, 6) is 2.19. The van der Waals surface area contributed by atoms with E-state index in [-0.39, 0.29) is 30.1 Å². The van der Waals surface area contributed by atoms with Gasteiger partial charge in [-0.25, -0.2) is 4.98 Å². The van der Waals surface area contributed by atoms with Crippen LogP contribution < -0.4 is 20.1 Å². The van der Waals surface area contributed by atoms with E-state index >= 15 is 0 Å². The number of imidazole rings is 1. The van der Waals surface area contributed by atoms with Crippen LogP contribution in [0, 0.1) is 6.92 Å². The molecule has 2 aromatic heterocycles. The minimum atomic E-state index is -0.0498. The fraction of sp³-hybridized carbons (Fsp3) is 0.364. The largest absolute Gasteiger partial charge is 0.493 e. The zero-order chi connectivity index (χ0) is 20.6. The Hall–Kier alpha value is -2.49. The van der Waals surface area contributed by atoms with E-state index in [0.717, 1.165) is 41.8 Å². The first-order valence-electron chi connectivity index (χ1n) is 9.78. The fourth-order valence-electron chi connectivity index (χ4n) is 3.07. The minimum absolute atomic E-state index is 0. The zero-order valence-electron chi connectivity index (χ0n) is 17.9. The molecule has 0 saturated carbocycles. The van der Waals surface area contributed by atoms with Gasteiger partial charge < -0.3 is 24.5 Å². The first kappa shape index (κ1) is 23.8. The second-order valence-electron chi connectivity index (χ2n) is 6.86. The van der Waals surface area contributed by atoms with Crippen LogP contribution in [0.3, 0.4) is 0 Å². The Labute approximate surface area is 194 Å². The second-order valence-corrected chi connectivity index (χ2v) is 6.86. The van der Waals surface area contributed by atoms with Crippen LogP contribution in [0.1, 0.15) is 18.2 Å². The smallest absolute Gasteiger partial charge is 0.191 e. The van der Waals surface area contributed by atoms with Crippen LogP contribution >= 0.6 is 24.0 Å². The van der Waals surface area contributed by atoms with Gasteiger partial charge in [0.15, 0.2) is 17.5 Å². The Kier molecular flexibility index (Phi) is 9.22. The Morgan fingerprint density at radius 2 is 1.93 bits per heavy atom. The van der Waals surface area contributed by atoms with Crippen molar-refractivity contribution in [1.29, 1.82) is 0 Å². The highest BCUT2D eigenvalue weighted by Gasteiger charge is 2.10. The Balaban J connectivity index is 0.00000320. The number of hydrogen-bond donors (Lipinski definition) is 2. The van der Waals surface area contributed by atoms with Crippen molar-refractivity contribution in [2.75, 3.05) is 27.2 Å². The number of halogens is 1.